The molecule has 0 aliphatic rings. The smallest absolute Gasteiger partial charge is 0.133 e. The van der Waals surface area contributed by atoms with Gasteiger partial charge in [0.15, 0.2) is 0 Å². The summed E-state index contributed by atoms with van der Waals surface area (Å²) in [6.45, 7) is 9.01. The zero-order valence-corrected chi connectivity index (χ0v) is 10.5. The van der Waals surface area contributed by atoms with Gasteiger partial charge in [0.1, 0.15) is 11.6 Å². The summed E-state index contributed by atoms with van der Waals surface area (Å²) in [7, 11) is 0. The Kier molecular flexibility index (Phi) is 4.68. The van der Waals surface area contributed by atoms with Crippen LogP contribution in [-0.4, -0.2) is 28.2 Å². The molecule has 4 nitrogen and oxygen atoms in total. The van der Waals surface area contributed by atoms with E-state index < -0.39 is 0 Å². The average Bonchev–Trinajstić information content (AvgIpc) is 2.25. The number of nitrogens with one attached hydrogen (secondary N) is 1. The van der Waals surface area contributed by atoms with Gasteiger partial charge in [-0.15, -0.1) is 0 Å². The lowest BCUT2D eigenvalue weighted by Crippen LogP contribution is -2.11. The fraction of sp³-hybridized carbons (Fsp3) is 0.667. The monoisotopic (exact) mass is 223 g/mol. The third-order valence-corrected chi connectivity index (χ3v) is 2.29. The maximum Gasteiger partial charge on any atom is 0.133 e. The molecule has 1 aromatic heterocycles. The van der Waals surface area contributed by atoms with Crippen molar-refractivity contribution < 1.29 is 5.11 Å². The van der Waals surface area contributed by atoms with Crippen LogP contribution in [0.1, 0.15) is 51.0 Å². The Hall–Kier alpha value is -1.16. The predicted octanol–water partition coefficient (Wildman–Crippen LogP) is 2.13. The third-order valence-electron chi connectivity index (χ3n) is 2.29. The highest BCUT2D eigenvalue weighted by atomic mass is 16.3. The molecule has 0 amide bonds. The Balaban J connectivity index is 2.99. The molecule has 0 fully saturated rings. The van der Waals surface area contributed by atoms with Crippen molar-refractivity contribution in [2.75, 3.05) is 18.5 Å². The number of hydrogen-bond donors (Lipinski definition) is 2. The molecule has 0 saturated heterocycles. The van der Waals surface area contributed by atoms with Crippen molar-refractivity contribution in [2.24, 2.45) is 0 Å². The van der Waals surface area contributed by atoms with E-state index in [1.54, 1.807) is 0 Å². The second kappa shape index (κ2) is 5.80. The largest absolute Gasteiger partial charge is 0.395 e. The number of rotatable bonds is 5. The van der Waals surface area contributed by atoms with Crippen molar-refractivity contribution in [2.45, 2.75) is 39.5 Å². The zero-order valence-electron chi connectivity index (χ0n) is 10.5. The molecule has 1 rings (SSSR count). The fourth-order valence-electron chi connectivity index (χ4n) is 1.31. The molecule has 0 aliphatic carbocycles. The molecule has 0 saturated carbocycles. The zero-order chi connectivity index (χ0) is 12.1. The van der Waals surface area contributed by atoms with Gasteiger partial charge in [-0.1, -0.05) is 27.7 Å². The standard InChI is InChI=1S/C12H21N3O/c1-8(2)10-7-11(13-5-6-16)15-12(14-10)9(3)4/h7-9,16H,5-6H2,1-4H3,(H,13,14,15). The molecule has 0 bridgehead atoms. The summed E-state index contributed by atoms with van der Waals surface area (Å²) in [5, 5.41) is 11.9. The molecule has 0 unspecified atom stereocenters. The van der Waals surface area contributed by atoms with Gasteiger partial charge in [-0.2, -0.15) is 0 Å². The summed E-state index contributed by atoms with van der Waals surface area (Å²) < 4.78 is 0. The van der Waals surface area contributed by atoms with Crippen LogP contribution < -0.4 is 5.32 Å². The summed E-state index contributed by atoms with van der Waals surface area (Å²) >= 11 is 0. The van der Waals surface area contributed by atoms with E-state index in [4.69, 9.17) is 5.11 Å². The highest BCUT2D eigenvalue weighted by molar-refractivity contribution is 5.37. The molecular weight excluding hydrogens is 202 g/mol. The summed E-state index contributed by atoms with van der Waals surface area (Å²) in [6, 6.07) is 1.95. The second-order valence-electron chi connectivity index (χ2n) is 4.50. The molecule has 4 heteroatoms. The van der Waals surface area contributed by atoms with Gasteiger partial charge in [0.25, 0.3) is 0 Å². The van der Waals surface area contributed by atoms with Crippen LogP contribution in [0.5, 0.6) is 0 Å². The molecule has 90 valence electrons. The Morgan fingerprint density at radius 2 is 1.88 bits per heavy atom. The minimum atomic E-state index is 0.109. The van der Waals surface area contributed by atoms with Crippen molar-refractivity contribution in [3.05, 3.63) is 17.6 Å². The lowest BCUT2D eigenvalue weighted by Gasteiger charge is -2.12. The SMILES string of the molecule is CC(C)c1cc(NCCO)nc(C(C)C)n1. The lowest BCUT2D eigenvalue weighted by atomic mass is 10.1. The number of hydrogen-bond acceptors (Lipinski definition) is 4. The Morgan fingerprint density at radius 3 is 2.38 bits per heavy atom. The Morgan fingerprint density at radius 1 is 1.19 bits per heavy atom. The van der Waals surface area contributed by atoms with E-state index in [0.717, 1.165) is 17.3 Å². The van der Waals surface area contributed by atoms with E-state index >= 15 is 0 Å². The van der Waals surface area contributed by atoms with Crippen LogP contribution in [0, 0.1) is 0 Å². The summed E-state index contributed by atoms with van der Waals surface area (Å²) in [4.78, 5) is 8.95. The number of aliphatic hydroxyl groups excluding tert-OH is 1. The maximum absolute atomic E-state index is 8.78. The van der Waals surface area contributed by atoms with Gasteiger partial charge >= 0.3 is 0 Å². The minimum absolute atomic E-state index is 0.109. The van der Waals surface area contributed by atoms with Crippen molar-refractivity contribution in [3.63, 3.8) is 0 Å². The Labute approximate surface area is 97.1 Å². The summed E-state index contributed by atoms with van der Waals surface area (Å²) in [5.74, 6) is 2.35. The fourth-order valence-corrected chi connectivity index (χ4v) is 1.31. The first-order chi connectivity index (χ1) is 7.54. The first-order valence-electron chi connectivity index (χ1n) is 5.78. The third kappa shape index (κ3) is 3.45. The normalized spacial score (nSPS) is 11.2. The highest BCUT2D eigenvalue weighted by Gasteiger charge is 2.09. The van der Waals surface area contributed by atoms with Crippen LogP contribution in [0.3, 0.4) is 0 Å². The van der Waals surface area contributed by atoms with Gasteiger partial charge < -0.3 is 10.4 Å². The molecule has 0 spiro atoms. The first-order valence-corrected chi connectivity index (χ1v) is 5.78. The van der Waals surface area contributed by atoms with E-state index in [-0.39, 0.29) is 6.61 Å². The lowest BCUT2D eigenvalue weighted by molar-refractivity contribution is 0.311. The van der Waals surface area contributed by atoms with E-state index in [0.29, 0.717) is 18.4 Å². The van der Waals surface area contributed by atoms with E-state index in [2.05, 4.69) is 43.0 Å². The van der Waals surface area contributed by atoms with Gasteiger partial charge in [0, 0.05) is 24.2 Å². The average molecular weight is 223 g/mol. The van der Waals surface area contributed by atoms with Crippen molar-refractivity contribution in [1.82, 2.24) is 9.97 Å². The number of aromatic nitrogens is 2. The van der Waals surface area contributed by atoms with Crippen LogP contribution >= 0.6 is 0 Å². The minimum Gasteiger partial charge on any atom is -0.395 e. The summed E-state index contributed by atoms with van der Waals surface area (Å²) in [6.07, 6.45) is 0. The van der Waals surface area contributed by atoms with Gasteiger partial charge in [0.2, 0.25) is 0 Å². The van der Waals surface area contributed by atoms with Gasteiger partial charge in [-0.25, -0.2) is 9.97 Å². The van der Waals surface area contributed by atoms with Gasteiger partial charge in [-0.3, -0.25) is 0 Å². The van der Waals surface area contributed by atoms with E-state index in [1.807, 2.05) is 6.07 Å². The molecule has 2 N–H and O–H groups in total. The molecule has 0 aliphatic heterocycles. The van der Waals surface area contributed by atoms with Crippen LogP contribution in [0.2, 0.25) is 0 Å². The molecule has 16 heavy (non-hydrogen) atoms. The van der Waals surface area contributed by atoms with Crippen LogP contribution in [0.4, 0.5) is 5.82 Å². The molecule has 1 aromatic rings. The van der Waals surface area contributed by atoms with Gasteiger partial charge in [0.05, 0.1) is 6.61 Å². The Bertz CT molecular complexity index is 311. The van der Waals surface area contributed by atoms with E-state index in [1.165, 1.54) is 0 Å². The molecule has 0 radical (unpaired) electrons. The predicted molar refractivity (Wildman–Crippen MR) is 65.8 cm³/mol. The highest BCUT2D eigenvalue weighted by Crippen LogP contribution is 2.19. The molecule has 0 atom stereocenters. The maximum atomic E-state index is 8.78. The summed E-state index contributed by atoms with van der Waals surface area (Å²) in [5.41, 5.74) is 1.04. The number of aliphatic hydroxyl groups is 1. The molecular formula is C12H21N3O. The van der Waals surface area contributed by atoms with Crippen LogP contribution in [0.15, 0.2) is 6.07 Å². The van der Waals surface area contributed by atoms with Crippen molar-refractivity contribution in [1.29, 1.82) is 0 Å². The molecule has 1 heterocycles. The van der Waals surface area contributed by atoms with Crippen molar-refractivity contribution in [3.8, 4) is 0 Å². The topological polar surface area (TPSA) is 58.0 Å². The van der Waals surface area contributed by atoms with Crippen LogP contribution in [0.25, 0.3) is 0 Å². The molecule has 0 aromatic carbocycles. The quantitative estimate of drug-likeness (QED) is 0.803. The van der Waals surface area contributed by atoms with Crippen LogP contribution in [-0.2, 0) is 0 Å². The van der Waals surface area contributed by atoms with Gasteiger partial charge in [-0.05, 0) is 5.92 Å². The van der Waals surface area contributed by atoms with E-state index in [9.17, 15) is 0 Å². The number of anilines is 1. The second-order valence-corrected chi connectivity index (χ2v) is 4.50. The first kappa shape index (κ1) is 12.9. The van der Waals surface area contributed by atoms with Crippen molar-refractivity contribution >= 4 is 5.82 Å². The number of nitrogens with zero attached hydrogens (tertiary/aromatic N) is 2.